The number of hydrogen-bond acceptors (Lipinski definition) is 0. The zero-order valence-electron chi connectivity index (χ0n) is 6.93. The molecule has 1 aromatic carbocycles. The third-order valence-corrected chi connectivity index (χ3v) is 3.87. The van der Waals surface area contributed by atoms with Gasteiger partial charge in [0.05, 0.1) is 0 Å². The molecule has 0 nitrogen and oxygen atoms in total. The van der Waals surface area contributed by atoms with Crippen LogP contribution in [-0.2, 0) is 0 Å². The molecule has 0 spiro atoms. The van der Waals surface area contributed by atoms with Gasteiger partial charge in [0.15, 0.2) is 0 Å². The average Bonchev–Trinajstić information content (AvgIpc) is 2.17. The van der Waals surface area contributed by atoms with E-state index in [0.29, 0.717) is 0 Å². The first-order valence-electron chi connectivity index (χ1n) is 3.74. The molecule has 0 amide bonds. The summed E-state index contributed by atoms with van der Waals surface area (Å²) in [5, 5.41) is 0. The highest BCUT2D eigenvalue weighted by Crippen LogP contribution is 2.13. The van der Waals surface area contributed by atoms with Crippen LogP contribution in [0.25, 0.3) is 0 Å². The SMILES string of the molecule is C=C[Si](Cl)(Cl)C#Cc1ccccc1. The molecule has 0 aliphatic carbocycles. The van der Waals surface area contributed by atoms with Crippen molar-refractivity contribution in [2.45, 2.75) is 0 Å². The lowest BCUT2D eigenvalue weighted by Gasteiger charge is -1.98. The van der Waals surface area contributed by atoms with Crippen LogP contribution in [0.1, 0.15) is 5.56 Å². The maximum Gasteiger partial charge on any atom is 0.348 e. The van der Waals surface area contributed by atoms with Gasteiger partial charge in [-0.1, -0.05) is 35.4 Å². The first-order valence-corrected chi connectivity index (χ1v) is 7.84. The summed E-state index contributed by atoms with van der Waals surface area (Å²) < 4.78 is 0. The molecule has 0 aliphatic rings. The Bertz CT molecular complexity index is 346. The molecule has 0 heterocycles. The Morgan fingerprint density at radius 3 is 2.38 bits per heavy atom. The fourth-order valence-electron chi connectivity index (χ4n) is 0.728. The van der Waals surface area contributed by atoms with E-state index in [1.54, 1.807) is 0 Å². The molecule has 0 N–H and O–H groups in total. The van der Waals surface area contributed by atoms with Gasteiger partial charge in [-0.05, 0) is 12.1 Å². The van der Waals surface area contributed by atoms with E-state index in [0.717, 1.165) is 5.56 Å². The molecule has 0 unspecified atom stereocenters. The second-order valence-electron chi connectivity index (χ2n) is 2.44. The minimum absolute atomic E-state index is 0.919. The zero-order valence-corrected chi connectivity index (χ0v) is 9.44. The Morgan fingerprint density at radius 2 is 1.85 bits per heavy atom. The first kappa shape index (κ1) is 10.4. The summed E-state index contributed by atoms with van der Waals surface area (Å²) in [6.07, 6.45) is 0. The summed E-state index contributed by atoms with van der Waals surface area (Å²) in [5.41, 5.74) is 5.28. The van der Waals surface area contributed by atoms with E-state index in [1.165, 1.54) is 5.70 Å². The van der Waals surface area contributed by atoms with Crippen LogP contribution in [0.3, 0.4) is 0 Å². The van der Waals surface area contributed by atoms with Crippen LogP contribution in [0.5, 0.6) is 0 Å². The number of benzene rings is 1. The van der Waals surface area contributed by atoms with Crippen molar-refractivity contribution in [3.8, 4) is 11.5 Å². The maximum absolute atomic E-state index is 5.88. The molecule has 0 radical (unpaired) electrons. The van der Waals surface area contributed by atoms with Gasteiger partial charge < -0.3 is 0 Å². The average molecular weight is 227 g/mol. The van der Waals surface area contributed by atoms with E-state index in [4.69, 9.17) is 22.2 Å². The molecule has 3 heteroatoms. The second kappa shape index (κ2) is 4.52. The molecular formula is C10H8Cl2Si. The fourth-order valence-corrected chi connectivity index (χ4v) is 1.42. The third-order valence-electron chi connectivity index (χ3n) is 1.40. The van der Waals surface area contributed by atoms with Gasteiger partial charge in [0, 0.05) is 5.56 Å². The molecule has 1 rings (SSSR count). The summed E-state index contributed by atoms with van der Waals surface area (Å²) in [5.74, 6) is 2.91. The molecule has 0 fully saturated rings. The Balaban J connectivity index is 2.85. The van der Waals surface area contributed by atoms with Crippen LogP contribution >= 0.6 is 22.2 Å². The van der Waals surface area contributed by atoms with Gasteiger partial charge in [-0.2, -0.15) is 0 Å². The standard InChI is InChI=1S/C10H8Cl2Si/c1-2-13(11,12)9-8-10-6-4-3-5-7-10/h2-7H,1H2. The highest BCUT2D eigenvalue weighted by Gasteiger charge is 2.19. The molecule has 0 saturated heterocycles. The van der Waals surface area contributed by atoms with Gasteiger partial charge in [0.1, 0.15) is 0 Å². The topological polar surface area (TPSA) is 0 Å². The molecule has 0 bridgehead atoms. The molecule has 13 heavy (non-hydrogen) atoms. The van der Waals surface area contributed by atoms with Crippen molar-refractivity contribution in [3.63, 3.8) is 0 Å². The molecule has 0 aromatic heterocycles. The minimum atomic E-state index is -2.51. The summed E-state index contributed by atoms with van der Waals surface area (Å²) in [7, 11) is 0. The molecule has 1 aromatic rings. The Hall–Kier alpha value is -0.683. The monoisotopic (exact) mass is 226 g/mol. The number of rotatable bonds is 1. The molecule has 66 valence electrons. The van der Waals surface area contributed by atoms with Crippen LogP contribution in [0.4, 0.5) is 0 Å². The quantitative estimate of drug-likeness (QED) is 0.392. The molecule has 0 atom stereocenters. The van der Waals surface area contributed by atoms with Crippen LogP contribution in [0.15, 0.2) is 42.6 Å². The van der Waals surface area contributed by atoms with Gasteiger partial charge in [-0.15, -0.1) is 28.7 Å². The van der Waals surface area contributed by atoms with Crippen LogP contribution in [0.2, 0.25) is 0 Å². The van der Waals surface area contributed by atoms with E-state index in [9.17, 15) is 0 Å². The van der Waals surface area contributed by atoms with Crippen molar-refractivity contribution in [2.24, 2.45) is 0 Å². The highest BCUT2D eigenvalue weighted by atomic mass is 35.7. The van der Waals surface area contributed by atoms with Crippen molar-refractivity contribution < 1.29 is 0 Å². The molecule has 0 aliphatic heterocycles. The lowest BCUT2D eigenvalue weighted by molar-refractivity contribution is 1.65. The van der Waals surface area contributed by atoms with E-state index in [-0.39, 0.29) is 0 Å². The summed E-state index contributed by atoms with van der Waals surface area (Å²) in [6.45, 7) is 1.03. The Labute approximate surface area is 88.6 Å². The Kier molecular flexibility index (Phi) is 3.62. The molecular weight excluding hydrogens is 219 g/mol. The van der Waals surface area contributed by atoms with Crippen LogP contribution in [-0.4, -0.2) is 6.69 Å². The van der Waals surface area contributed by atoms with Crippen molar-refractivity contribution in [1.82, 2.24) is 0 Å². The van der Waals surface area contributed by atoms with Gasteiger partial charge in [0.2, 0.25) is 0 Å². The second-order valence-corrected chi connectivity index (χ2v) is 8.50. The summed E-state index contributed by atoms with van der Waals surface area (Å²) in [4.78, 5) is 0. The minimum Gasteiger partial charge on any atom is -0.125 e. The van der Waals surface area contributed by atoms with E-state index in [1.807, 2.05) is 30.3 Å². The predicted octanol–water partition coefficient (Wildman–Crippen LogP) is 3.22. The zero-order chi connectivity index (χ0) is 9.73. The predicted molar refractivity (Wildman–Crippen MR) is 61.0 cm³/mol. The van der Waals surface area contributed by atoms with E-state index >= 15 is 0 Å². The largest absolute Gasteiger partial charge is 0.348 e. The Morgan fingerprint density at radius 1 is 1.23 bits per heavy atom. The summed E-state index contributed by atoms with van der Waals surface area (Å²) in [6, 6.07) is 9.60. The van der Waals surface area contributed by atoms with Crippen LogP contribution in [0, 0.1) is 11.5 Å². The maximum atomic E-state index is 5.88. The van der Waals surface area contributed by atoms with Gasteiger partial charge >= 0.3 is 6.69 Å². The lowest BCUT2D eigenvalue weighted by atomic mass is 10.2. The van der Waals surface area contributed by atoms with Crippen molar-refractivity contribution in [1.29, 1.82) is 0 Å². The third kappa shape index (κ3) is 3.69. The fraction of sp³-hybridized carbons (Fsp3) is 0. The van der Waals surface area contributed by atoms with Gasteiger partial charge in [-0.25, -0.2) is 0 Å². The molecule has 0 saturated carbocycles. The smallest absolute Gasteiger partial charge is 0.125 e. The summed E-state index contributed by atoms with van der Waals surface area (Å²) >= 11 is 11.8. The van der Waals surface area contributed by atoms with Gasteiger partial charge in [-0.3, -0.25) is 0 Å². The van der Waals surface area contributed by atoms with Gasteiger partial charge in [0.25, 0.3) is 0 Å². The number of halogens is 2. The number of hydrogen-bond donors (Lipinski definition) is 0. The normalized spacial score (nSPS) is 10.0. The van der Waals surface area contributed by atoms with E-state index in [2.05, 4.69) is 18.0 Å². The van der Waals surface area contributed by atoms with Crippen molar-refractivity contribution >= 4 is 28.9 Å². The lowest BCUT2D eigenvalue weighted by Crippen LogP contribution is -2.11. The first-order chi connectivity index (χ1) is 6.14. The highest BCUT2D eigenvalue weighted by molar-refractivity contribution is 7.51. The van der Waals surface area contributed by atoms with Crippen LogP contribution < -0.4 is 0 Å². The van der Waals surface area contributed by atoms with Crippen molar-refractivity contribution in [3.05, 3.63) is 48.2 Å². The van der Waals surface area contributed by atoms with Crippen molar-refractivity contribution in [2.75, 3.05) is 0 Å². The van der Waals surface area contributed by atoms with E-state index < -0.39 is 6.69 Å².